The van der Waals surface area contributed by atoms with E-state index in [0.717, 1.165) is 7.11 Å². The summed E-state index contributed by atoms with van der Waals surface area (Å²) in [5.74, 6) is -3.11. The fourth-order valence-electron chi connectivity index (χ4n) is 0.875. The van der Waals surface area contributed by atoms with Crippen LogP contribution in [0.15, 0.2) is 0 Å². The van der Waals surface area contributed by atoms with Gasteiger partial charge in [0.05, 0.1) is 19.1 Å². The highest BCUT2D eigenvalue weighted by molar-refractivity contribution is 6.24. The van der Waals surface area contributed by atoms with Crippen LogP contribution in [0.25, 0.3) is 0 Å². The molecule has 0 heterocycles. The number of esters is 1. The van der Waals surface area contributed by atoms with E-state index in [4.69, 9.17) is 13.6 Å². The number of ether oxygens (including phenoxy) is 1. The van der Waals surface area contributed by atoms with Gasteiger partial charge >= 0.3 is 5.97 Å². The first kappa shape index (κ1) is 15.4. The fraction of sp³-hybridized carbons (Fsp3) is 0.667. The number of amides is 2. The van der Waals surface area contributed by atoms with Crippen molar-refractivity contribution in [2.75, 3.05) is 7.11 Å². The van der Waals surface area contributed by atoms with Gasteiger partial charge in [-0.1, -0.05) is 0 Å². The normalized spacial score (nSPS) is 15.3. The second-order valence-electron chi connectivity index (χ2n) is 3.53. The Morgan fingerprint density at radius 3 is 2.12 bits per heavy atom. The molecule has 0 aromatic rings. The van der Waals surface area contributed by atoms with Gasteiger partial charge in [0.2, 0.25) is 11.8 Å². The summed E-state index contributed by atoms with van der Waals surface area (Å²) in [5.41, 5.74) is 5.31. The largest absolute Gasteiger partial charge is 0.468 e. The Morgan fingerprint density at radius 2 is 1.71 bits per heavy atom. The quantitative estimate of drug-likeness (QED) is 0.367. The van der Waals surface area contributed by atoms with Crippen LogP contribution in [0.1, 0.15) is 13.8 Å². The highest BCUT2D eigenvalue weighted by atomic mass is 16.5. The van der Waals surface area contributed by atoms with Crippen molar-refractivity contribution in [3.63, 3.8) is 0 Å². The third-order valence-corrected chi connectivity index (χ3v) is 1.92. The van der Waals surface area contributed by atoms with Crippen LogP contribution >= 0.6 is 0 Å². The molecule has 7 nitrogen and oxygen atoms in total. The Hall–Kier alpha value is -1.57. The smallest absolute Gasteiger partial charge is 0.318 e. The van der Waals surface area contributed by atoms with E-state index in [1.165, 1.54) is 13.8 Å². The van der Waals surface area contributed by atoms with E-state index in [2.05, 4.69) is 15.4 Å². The SMILES string of the molecule is [B][C@H](NC(=O)C(C)NC(=O)[C@H](C)N)C(=O)OC. The number of hydrogen-bond donors (Lipinski definition) is 3. The van der Waals surface area contributed by atoms with Crippen molar-refractivity contribution in [2.45, 2.75) is 31.9 Å². The zero-order valence-corrected chi connectivity index (χ0v) is 10.0. The van der Waals surface area contributed by atoms with Crippen LogP contribution in [0.5, 0.6) is 0 Å². The second-order valence-corrected chi connectivity index (χ2v) is 3.53. The lowest BCUT2D eigenvalue weighted by atomic mass is 9.96. The molecular weight excluding hydrogens is 225 g/mol. The van der Waals surface area contributed by atoms with Gasteiger partial charge in [0.1, 0.15) is 13.9 Å². The summed E-state index contributed by atoms with van der Waals surface area (Å²) >= 11 is 0. The van der Waals surface area contributed by atoms with E-state index in [0.29, 0.717) is 0 Å². The molecule has 0 aliphatic rings. The number of rotatable bonds is 5. The zero-order valence-electron chi connectivity index (χ0n) is 10.0. The Morgan fingerprint density at radius 1 is 1.18 bits per heavy atom. The first-order valence-corrected chi connectivity index (χ1v) is 4.99. The molecule has 0 spiro atoms. The summed E-state index contributed by atoms with van der Waals surface area (Å²) < 4.78 is 4.33. The topological polar surface area (TPSA) is 111 Å². The predicted molar refractivity (Wildman–Crippen MR) is 61.0 cm³/mol. The molecule has 0 aromatic carbocycles. The molecular formula is C9H16BN3O4. The molecule has 3 atom stereocenters. The predicted octanol–water partition coefficient (Wildman–Crippen LogP) is -2.38. The molecule has 17 heavy (non-hydrogen) atoms. The first-order valence-electron chi connectivity index (χ1n) is 4.99. The van der Waals surface area contributed by atoms with Crippen molar-refractivity contribution in [3.05, 3.63) is 0 Å². The van der Waals surface area contributed by atoms with Crippen LogP contribution in [-0.2, 0) is 19.1 Å². The molecule has 0 bridgehead atoms. The number of carbonyl (C=O) groups excluding carboxylic acids is 3. The molecule has 4 N–H and O–H groups in total. The van der Waals surface area contributed by atoms with E-state index in [-0.39, 0.29) is 0 Å². The zero-order chi connectivity index (χ0) is 13.6. The monoisotopic (exact) mass is 241 g/mol. The lowest BCUT2D eigenvalue weighted by Crippen LogP contribution is -2.53. The first-order chi connectivity index (χ1) is 7.79. The van der Waals surface area contributed by atoms with Crippen molar-refractivity contribution in [2.24, 2.45) is 5.73 Å². The van der Waals surface area contributed by atoms with E-state index >= 15 is 0 Å². The summed E-state index contributed by atoms with van der Waals surface area (Å²) in [7, 11) is 6.46. The minimum absolute atomic E-state index is 0.473. The Labute approximate surface area is 101 Å². The van der Waals surface area contributed by atoms with E-state index < -0.39 is 35.8 Å². The maximum Gasteiger partial charge on any atom is 0.318 e. The summed E-state index contributed by atoms with van der Waals surface area (Å²) in [5, 5.41) is 4.54. The number of hydrogen-bond acceptors (Lipinski definition) is 5. The summed E-state index contributed by atoms with van der Waals surface area (Å²) in [6.07, 6.45) is 0. The maximum absolute atomic E-state index is 11.5. The standard InChI is InChI=1S/C9H16BN3O4/c1-4(11)7(14)12-5(2)8(15)13-6(10)9(16)17-3/h4-6H,11H2,1-3H3,(H,12,14)(H,13,15)/t4-,5?,6+/m0/s1. The van der Waals surface area contributed by atoms with Gasteiger partial charge in [-0.25, -0.2) is 0 Å². The van der Waals surface area contributed by atoms with Crippen LogP contribution in [0.2, 0.25) is 0 Å². The highest BCUT2D eigenvalue weighted by Gasteiger charge is 2.21. The van der Waals surface area contributed by atoms with Gasteiger partial charge in [0, 0.05) is 0 Å². The van der Waals surface area contributed by atoms with Gasteiger partial charge in [-0.3, -0.25) is 14.4 Å². The summed E-state index contributed by atoms with van der Waals surface area (Å²) in [4.78, 5) is 33.6. The molecule has 2 amide bonds. The molecule has 0 fully saturated rings. The molecule has 0 aliphatic carbocycles. The lowest BCUT2D eigenvalue weighted by molar-refractivity contribution is -0.142. The van der Waals surface area contributed by atoms with Crippen molar-refractivity contribution < 1.29 is 19.1 Å². The fourth-order valence-corrected chi connectivity index (χ4v) is 0.875. The highest BCUT2D eigenvalue weighted by Crippen LogP contribution is 1.88. The lowest BCUT2D eigenvalue weighted by Gasteiger charge is -2.18. The summed E-state index contributed by atoms with van der Waals surface area (Å²) in [6, 6.07) is -1.57. The summed E-state index contributed by atoms with van der Waals surface area (Å²) in [6.45, 7) is 2.93. The van der Waals surface area contributed by atoms with Crippen LogP contribution in [-0.4, -0.2) is 50.8 Å². The Bertz CT molecular complexity index is 309. The molecule has 2 radical (unpaired) electrons. The molecule has 1 unspecified atom stereocenters. The van der Waals surface area contributed by atoms with E-state index in [1.54, 1.807) is 0 Å². The van der Waals surface area contributed by atoms with Crippen LogP contribution in [0.3, 0.4) is 0 Å². The molecule has 0 aliphatic heterocycles. The van der Waals surface area contributed by atoms with Crippen molar-refractivity contribution in [1.29, 1.82) is 0 Å². The number of nitrogens with two attached hydrogens (primary N) is 1. The van der Waals surface area contributed by atoms with Gasteiger partial charge in [0.15, 0.2) is 0 Å². The molecule has 8 heteroatoms. The maximum atomic E-state index is 11.5. The minimum Gasteiger partial charge on any atom is -0.468 e. The van der Waals surface area contributed by atoms with Crippen molar-refractivity contribution in [1.82, 2.24) is 10.6 Å². The van der Waals surface area contributed by atoms with Crippen molar-refractivity contribution in [3.8, 4) is 0 Å². The minimum atomic E-state index is -1.26. The Balaban J connectivity index is 4.23. The van der Waals surface area contributed by atoms with Crippen LogP contribution in [0.4, 0.5) is 0 Å². The average molecular weight is 241 g/mol. The molecule has 0 saturated carbocycles. The van der Waals surface area contributed by atoms with Gasteiger partial charge < -0.3 is 21.1 Å². The van der Waals surface area contributed by atoms with Gasteiger partial charge in [-0.2, -0.15) is 0 Å². The van der Waals surface area contributed by atoms with Crippen LogP contribution in [0, 0.1) is 0 Å². The van der Waals surface area contributed by atoms with E-state index in [9.17, 15) is 14.4 Å². The average Bonchev–Trinajstić information content (AvgIpc) is 2.27. The van der Waals surface area contributed by atoms with Gasteiger partial charge in [0.25, 0.3) is 0 Å². The second kappa shape index (κ2) is 6.90. The van der Waals surface area contributed by atoms with Crippen molar-refractivity contribution >= 4 is 25.6 Å². The van der Waals surface area contributed by atoms with Crippen LogP contribution < -0.4 is 16.4 Å². The van der Waals surface area contributed by atoms with Gasteiger partial charge in [-0.05, 0) is 13.8 Å². The Kier molecular flexibility index (Phi) is 6.26. The van der Waals surface area contributed by atoms with E-state index in [1.807, 2.05) is 0 Å². The number of carbonyl (C=O) groups is 3. The third-order valence-electron chi connectivity index (χ3n) is 1.92. The van der Waals surface area contributed by atoms with Gasteiger partial charge in [-0.15, -0.1) is 0 Å². The number of methoxy groups -OCH3 is 1. The molecule has 0 saturated heterocycles. The molecule has 94 valence electrons. The molecule has 0 rings (SSSR count). The third kappa shape index (κ3) is 5.35. The number of nitrogens with one attached hydrogen (secondary N) is 2. The molecule has 0 aromatic heterocycles.